The van der Waals surface area contributed by atoms with Gasteiger partial charge in [-0.25, -0.2) is 0 Å². The van der Waals surface area contributed by atoms with Crippen LogP contribution in [-0.2, 0) is 16.9 Å². The maximum absolute atomic E-state index is 13.3. The first kappa shape index (κ1) is 19.0. The predicted molar refractivity (Wildman–Crippen MR) is 111 cm³/mol. The molecular formula is C24H22N2O3. The van der Waals surface area contributed by atoms with Crippen molar-refractivity contribution in [1.29, 1.82) is 0 Å². The Labute approximate surface area is 169 Å². The van der Waals surface area contributed by atoms with E-state index in [9.17, 15) is 14.7 Å². The quantitative estimate of drug-likeness (QED) is 0.679. The molecule has 0 aliphatic carbocycles. The van der Waals surface area contributed by atoms with Gasteiger partial charge in [0.05, 0.1) is 18.7 Å². The number of Topliss-reactive ketones (excluding diaryl/α,β-unsaturated/α-hetero) is 1. The lowest BCUT2D eigenvalue weighted by Gasteiger charge is -2.23. The predicted octanol–water partition coefficient (Wildman–Crippen LogP) is 3.71. The minimum atomic E-state index is -1.88. The number of hydrogen-bond donors (Lipinski definition) is 1. The summed E-state index contributed by atoms with van der Waals surface area (Å²) >= 11 is 0. The Morgan fingerprint density at radius 3 is 2.52 bits per heavy atom. The van der Waals surface area contributed by atoms with Crippen LogP contribution >= 0.6 is 0 Å². The lowest BCUT2D eigenvalue weighted by molar-refractivity contribution is -0.136. The summed E-state index contributed by atoms with van der Waals surface area (Å²) < 4.78 is 0. The Bertz CT molecular complexity index is 1090. The second kappa shape index (κ2) is 7.26. The Kier molecular flexibility index (Phi) is 4.76. The molecule has 1 aromatic heterocycles. The largest absolute Gasteiger partial charge is 0.375 e. The van der Waals surface area contributed by atoms with E-state index in [2.05, 4.69) is 11.1 Å². The van der Waals surface area contributed by atoms with Gasteiger partial charge in [0.1, 0.15) is 0 Å². The number of aromatic nitrogens is 1. The SMILES string of the molecule is Cc1ccc(CN2C(=O)C(O)(CC(=O)c3ccncc3)c3ccccc32)c(C)c1. The van der Waals surface area contributed by atoms with E-state index in [4.69, 9.17) is 0 Å². The Hall–Kier alpha value is -3.31. The van der Waals surface area contributed by atoms with E-state index in [1.807, 2.05) is 38.1 Å². The van der Waals surface area contributed by atoms with Crippen molar-refractivity contribution >= 4 is 17.4 Å². The number of benzene rings is 2. The maximum Gasteiger partial charge on any atom is 0.264 e. The average Bonchev–Trinajstić information content (AvgIpc) is 2.92. The molecule has 1 amide bonds. The maximum atomic E-state index is 13.3. The number of aliphatic hydroxyl groups is 1. The zero-order valence-corrected chi connectivity index (χ0v) is 16.4. The molecule has 0 spiro atoms. The van der Waals surface area contributed by atoms with Crippen LogP contribution in [0.1, 0.15) is 39.0 Å². The zero-order chi connectivity index (χ0) is 20.6. The number of nitrogens with zero attached hydrogens (tertiary/aromatic N) is 2. The van der Waals surface area contributed by atoms with E-state index in [0.29, 0.717) is 23.4 Å². The van der Waals surface area contributed by atoms with Crippen molar-refractivity contribution in [2.24, 2.45) is 0 Å². The fourth-order valence-electron chi connectivity index (χ4n) is 3.90. The number of para-hydroxylation sites is 1. The molecule has 1 unspecified atom stereocenters. The third-order valence-corrected chi connectivity index (χ3v) is 5.48. The molecular weight excluding hydrogens is 364 g/mol. The number of hydrogen-bond acceptors (Lipinski definition) is 4. The van der Waals surface area contributed by atoms with Crippen molar-refractivity contribution in [2.45, 2.75) is 32.4 Å². The Morgan fingerprint density at radius 1 is 1.07 bits per heavy atom. The highest BCUT2D eigenvalue weighted by Crippen LogP contribution is 2.43. The topological polar surface area (TPSA) is 70.5 Å². The van der Waals surface area contributed by atoms with Crippen LogP contribution in [0.3, 0.4) is 0 Å². The minimum Gasteiger partial charge on any atom is -0.375 e. The molecule has 0 saturated heterocycles. The van der Waals surface area contributed by atoms with Crippen LogP contribution in [-0.4, -0.2) is 21.8 Å². The molecule has 1 aliphatic heterocycles. The molecule has 2 aromatic carbocycles. The van der Waals surface area contributed by atoms with E-state index in [1.165, 1.54) is 12.4 Å². The molecule has 0 saturated carbocycles. The Morgan fingerprint density at radius 2 is 1.79 bits per heavy atom. The molecule has 4 rings (SSSR count). The normalized spacial score (nSPS) is 18.0. The van der Waals surface area contributed by atoms with Crippen LogP contribution in [0.15, 0.2) is 67.0 Å². The zero-order valence-electron chi connectivity index (χ0n) is 16.4. The highest BCUT2D eigenvalue weighted by molar-refractivity contribution is 6.10. The van der Waals surface area contributed by atoms with Gasteiger partial charge in [-0.1, -0.05) is 42.0 Å². The first-order valence-corrected chi connectivity index (χ1v) is 9.53. The van der Waals surface area contributed by atoms with Gasteiger partial charge in [0.15, 0.2) is 11.4 Å². The number of anilines is 1. The number of amides is 1. The summed E-state index contributed by atoms with van der Waals surface area (Å²) in [5, 5.41) is 11.4. The molecule has 0 bridgehead atoms. The van der Waals surface area contributed by atoms with E-state index < -0.39 is 11.5 Å². The van der Waals surface area contributed by atoms with Crippen LogP contribution in [0, 0.1) is 13.8 Å². The summed E-state index contributed by atoms with van der Waals surface area (Å²) in [5.74, 6) is -0.771. The summed E-state index contributed by atoms with van der Waals surface area (Å²) in [6.45, 7) is 4.37. The standard InChI is InChI=1S/C24H22N2O3/c1-16-7-8-19(17(2)13-16)15-26-21-6-4-3-5-20(21)24(29,23(26)28)14-22(27)18-9-11-25-12-10-18/h3-13,29H,14-15H2,1-2H3. The van der Waals surface area contributed by atoms with Crippen molar-refractivity contribution in [2.75, 3.05) is 4.90 Å². The summed E-state index contributed by atoms with van der Waals surface area (Å²) in [6, 6.07) is 16.4. The molecule has 5 heteroatoms. The number of rotatable bonds is 5. The number of ketones is 1. The first-order chi connectivity index (χ1) is 13.9. The van der Waals surface area contributed by atoms with Gasteiger partial charge in [0.25, 0.3) is 5.91 Å². The number of carbonyl (C=O) groups is 2. The molecule has 5 nitrogen and oxygen atoms in total. The van der Waals surface area contributed by atoms with Crippen LogP contribution in [0.2, 0.25) is 0 Å². The van der Waals surface area contributed by atoms with Crippen molar-refractivity contribution in [1.82, 2.24) is 4.98 Å². The fourth-order valence-corrected chi connectivity index (χ4v) is 3.90. The number of carbonyl (C=O) groups excluding carboxylic acids is 2. The van der Waals surface area contributed by atoms with Gasteiger partial charge in [-0.3, -0.25) is 14.6 Å². The average molecular weight is 386 g/mol. The van der Waals surface area contributed by atoms with Crippen LogP contribution in [0.25, 0.3) is 0 Å². The number of aryl methyl sites for hydroxylation is 2. The van der Waals surface area contributed by atoms with Gasteiger partial charge in [0, 0.05) is 23.5 Å². The highest BCUT2D eigenvalue weighted by Gasteiger charge is 2.50. The Balaban J connectivity index is 1.69. The van der Waals surface area contributed by atoms with Gasteiger partial charge in [-0.15, -0.1) is 0 Å². The molecule has 146 valence electrons. The summed E-state index contributed by atoms with van der Waals surface area (Å²) in [4.78, 5) is 31.6. The molecule has 29 heavy (non-hydrogen) atoms. The van der Waals surface area contributed by atoms with Gasteiger partial charge >= 0.3 is 0 Å². The van der Waals surface area contributed by atoms with Crippen LogP contribution in [0.4, 0.5) is 5.69 Å². The minimum absolute atomic E-state index is 0.300. The molecule has 3 aromatic rings. The van der Waals surface area contributed by atoms with E-state index in [0.717, 1.165) is 16.7 Å². The third kappa shape index (κ3) is 3.34. The van der Waals surface area contributed by atoms with Gasteiger partial charge in [0.2, 0.25) is 0 Å². The van der Waals surface area contributed by atoms with Crippen molar-refractivity contribution in [3.05, 3.63) is 94.8 Å². The van der Waals surface area contributed by atoms with Crippen molar-refractivity contribution < 1.29 is 14.7 Å². The molecule has 2 heterocycles. The lowest BCUT2D eigenvalue weighted by atomic mass is 9.88. The monoisotopic (exact) mass is 386 g/mol. The molecule has 1 N–H and O–H groups in total. The smallest absolute Gasteiger partial charge is 0.264 e. The molecule has 0 radical (unpaired) electrons. The summed E-state index contributed by atoms with van der Waals surface area (Å²) in [7, 11) is 0. The van der Waals surface area contributed by atoms with Gasteiger partial charge < -0.3 is 10.0 Å². The second-order valence-electron chi connectivity index (χ2n) is 7.53. The number of pyridine rings is 1. The van der Waals surface area contributed by atoms with Crippen LogP contribution < -0.4 is 4.90 Å². The highest BCUT2D eigenvalue weighted by atomic mass is 16.3. The second-order valence-corrected chi connectivity index (χ2v) is 7.53. The number of fused-ring (bicyclic) bond motifs is 1. The van der Waals surface area contributed by atoms with Gasteiger partial charge in [-0.2, -0.15) is 0 Å². The third-order valence-electron chi connectivity index (χ3n) is 5.48. The van der Waals surface area contributed by atoms with E-state index in [1.54, 1.807) is 29.2 Å². The van der Waals surface area contributed by atoms with Crippen molar-refractivity contribution in [3.8, 4) is 0 Å². The fraction of sp³-hybridized carbons (Fsp3) is 0.208. The van der Waals surface area contributed by atoms with Crippen molar-refractivity contribution in [3.63, 3.8) is 0 Å². The summed E-state index contributed by atoms with van der Waals surface area (Å²) in [5.41, 5.74) is 2.89. The van der Waals surface area contributed by atoms with E-state index >= 15 is 0 Å². The molecule has 1 aliphatic rings. The first-order valence-electron chi connectivity index (χ1n) is 9.53. The summed E-state index contributed by atoms with van der Waals surface area (Å²) in [6.07, 6.45) is 2.73. The lowest BCUT2D eigenvalue weighted by Crippen LogP contribution is -2.41. The molecule has 0 fully saturated rings. The molecule has 1 atom stereocenters. The van der Waals surface area contributed by atoms with Crippen LogP contribution in [0.5, 0.6) is 0 Å². The van der Waals surface area contributed by atoms with E-state index in [-0.39, 0.29) is 12.2 Å². The van der Waals surface area contributed by atoms with Gasteiger partial charge in [-0.05, 0) is 43.2 Å².